The number of rotatable bonds is 2. The molecule has 1 aliphatic heterocycles. The summed E-state index contributed by atoms with van der Waals surface area (Å²) in [5.41, 5.74) is 7.47. The van der Waals surface area contributed by atoms with Gasteiger partial charge in [-0.3, -0.25) is 9.69 Å². The van der Waals surface area contributed by atoms with Crippen molar-refractivity contribution in [1.29, 1.82) is 5.26 Å². The highest BCUT2D eigenvalue weighted by molar-refractivity contribution is 9.10. The van der Waals surface area contributed by atoms with E-state index in [2.05, 4.69) is 22.0 Å². The van der Waals surface area contributed by atoms with Crippen LogP contribution in [0.1, 0.15) is 19.4 Å². The van der Waals surface area contributed by atoms with Crippen molar-refractivity contribution in [3.05, 3.63) is 52.5 Å². The molecule has 1 amide bonds. The van der Waals surface area contributed by atoms with Crippen LogP contribution in [-0.2, 0) is 4.79 Å². The molecule has 1 saturated heterocycles. The summed E-state index contributed by atoms with van der Waals surface area (Å²) in [5, 5.41) is 9.46. The van der Waals surface area contributed by atoms with Crippen molar-refractivity contribution in [2.24, 2.45) is 0 Å². The zero-order valence-electron chi connectivity index (χ0n) is 13.7. The Balaban J connectivity index is 2.07. The lowest BCUT2D eigenvalue weighted by atomic mass is 10.0. The molecule has 1 fully saturated rings. The molecule has 1 aliphatic rings. The lowest BCUT2D eigenvalue weighted by Crippen LogP contribution is -2.44. The first-order chi connectivity index (χ1) is 11.8. The molecular formula is C18H15BrN4OS. The average Bonchev–Trinajstić information content (AvgIpc) is 2.74. The van der Waals surface area contributed by atoms with E-state index in [4.69, 9.17) is 23.2 Å². The number of halogens is 1. The van der Waals surface area contributed by atoms with Crippen molar-refractivity contribution >= 4 is 56.2 Å². The summed E-state index contributed by atoms with van der Waals surface area (Å²) in [6.07, 6.45) is 0. The Morgan fingerprint density at radius 1 is 1.16 bits per heavy atom. The minimum atomic E-state index is -0.840. The third-order valence-electron chi connectivity index (χ3n) is 4.15. The maximum Gasteiger partial charge on any atom is 0.259 e. The molecule has 0 bridgehead atoms. The van der Waals surface area contributed by atoms with E-state index in [1.165, 1.54) is 4.90 Å². The number of carbonyl (C=O) groups excluding carboxylic acids is 1. The number of nitrogens with two attached hydrogens (primary N) is 1. The standard InChI is InChI=1S/C18H15BrN4OS/c1-18(2)16(24)22(14-6-3-11(10-20)15(19)9-14)17(25)23(18)13-7-4-12(21)5-8-13/h3-9H,21H2,1-2H3. The van der Waals surface area contributed by atoms with Crippen LogP contribution in [0.2, 0.25) is 0 Å². The first-order valence-corrected chi connectivity index (χ1v) is 8.71. The highest BCUT2D eigenvalue weighted by atomic mass is 79.9. The van der Waals surface area contributed by atoms with Crippen LogP contribution in [0.25, 0.3) is 0 Å². The van der Waals surface area contributed by atoms with Gasteiger partial charge in [-0.25, -0.2) is 0 Å². The predicted molar refractivity (Wildman–Crippen MR) is 106 cm³/mol. The number of nitriles is 1. The van der Waals surface area contributed by atoms with Crippen LogP contribution >= 0.6 is 28.1 Å². The summed E-state index contributed by atoms with van der Waals surface area (Å²) in [6, 6.07) is 14.4. The molecule has 126 valence electrons. The maximum absolute atomic E-state index is 13.0. The number of hydrogen-bond donors (Lipinski definition) is 1. The van der Waals surface area contributed by atoms with Gasteiger partial charge < -0.3 is 10.6 Å². The van der Waals surface area contributed by atoms with Crippen molar-refractivity contribution < 1.29 is 4.79 Å². The minimum Gasteiger partial charge on any atom is -0.399 e. The van der Waals surface area contributed by atoms with Gasteiger partial charge in [-0.05, 0) is 84.5 Å². The first kappa shape index (κ1) is 17.4. The van der Waals surface area contributed by atoms with Gasteiger partial charge in [-0.15, -0.1) is 0 Å². The number of thiocarbonyl (C=S) groups is 1. The average molecular weight is 415 g/mol. The van der Waals surface area contributed by atoms with Gasteiger partial charge >= 0.3 is 0 Å². The molecule has 0 aliphatic carbocycles. The van der Waals surface area contributed by atoms with Crippen LogP contribution in [0.5, 0.6) is 0 Å². The van der Waals surface area contributed by atoms with Crippen LogP contribution in [0.3, 0.4) is 0 Å². The second-order valence-electron chi connectivity index (χ2n) is 6.19. The van der Waals surface area contributed by atoms with E-state index in [1.54, 1.807) is 30.3 Å². The van der Waals surface area contributed by atoms with Crippen LogP contribution in [0.15, 0.2) is 46.9 Å². The summed E-state index contributed by atoms with van der Waals surface area (Å²) < 4.78 is 0.617. The molecule has 0 saturated carbocycles. The van der Waals surface area contributed by atoms with Crippen molar-refractivity contribution in [2.45, 2.75) is 19.4 Å². The Bertz CT molecular complexity index is 918. The number of benzene rings is 2. The Labute approximate surface area is 159 Å². The molecule has 2 aromatic carbocycles. The summed E-state index contributed by atoms with van der Waals surface area (Å²) >= 11 is 8.97. The van der Waals surface area contributed by atoms with E-state index >= 15 is 0 Å². The molecule has 5 nitrogen and oxygen atoms in total. The lowest BCUT2D eigenvalue weighted by Gasteiger charge is -2.29. The molecule has 3 rings (SSSR count). The largest absolute Gasteiger partial charge is 0.399 e. The maximum atomic E-state index is 13.0. The predicted octanol–water partition coefficient (Wildman–Crippen LogP) is 3.82. The van der Waals surface area contributed by atoms with Crippen LogP contribution < -0.4 is 15.5 Å². The van der Waals surface area contributed by atoms with Gasteiger partial charge in [-0.1, -0.05) is 0 Å². The fourth-order valence-corrected chi connectivity index (χ4v) is 3.79. The Morgan fingerprint density at radius 3 is 2.32 bits per heavy atom. The number of nitrogen functional groups attached to an aromatic ring is 1. The van der Waals surface area contributed by atoms with E-state index in [1.807, 2.05) is 30.9 Å². The fourth-order valence-electron chi connectivity index (χ4n) is 2.81. The zero-order chi connectivity index (χ0) is 18.4. The molecule has 25 heavy (non-hydrogen) atoms. The number of nitrogens with zero attached hydrogens (tertiary/aromatic N) is 3. The third-order valence-corrected chi connectivity index (χ3v) is 5.17. The van der Waals surface area contributed by atoms with Gasteiger partial charge in [-0.2, -0.15) is 5.26 Å². The van der Waals surface area contributed by atoms with Gasteiger partial charge in [0.15, 0.2) is 5.11 Å². The molecule has 0 unspecified atom stereocenters. The topological polar surface area (TPSA) is 73.4 Å². The minimum absolute atomic E-state index is 0.133. The molecule has 0 aromatic heterocycles. The van der Waals surface area contributed by atoms with Crippen molar-refractivity contribution in [3.63, 3.8) is 0 Å². The highest BCUT2D eigenvalue weighted by Gasteiger charge is 2.50. The second kappa shape index (κ2) is 6.14. The second-order valence-corrected chi connectivity index (χ2v) is 7.40. The van der Waals surface area contributed by atoms with Gasteiger partial charge in [0.1, 0.15) is 11.6 Å². The summed E-state index contributed by atoms with van der Waals surface area (Å²) in [6.45, 7) is 3.66. The van der Waals surface area contributed by atoms with Crippen LogP contribution in [0.4, 0.5) is 17.1 Å². The molecule has 7 heteroatoms. The number of hydrogen-bond acceptors (Lipinski definition) is 4. The smallest absolute Gasteiger partial charge is 0.259 e. The van der Waals surface area contributed by atoms with Gasteiger partial charge in [0.25, 0.3) is 5.91 Å². The Kier molecular flexibility index (Phi) is 4.27. The first-order valence-electron chi connectivity index (χ1n) is 7.51. The zero-order valence-corrected chi connectivity index (χ0v) is 16.1. The van der Waals surface area contributed by atoms with Crippen molar-refractivity contribution in [2.75, 3.05) is 15.5 Å². The highest BCUT2D eigenvalue weighted by Crippen LogP contribution is 2.37. The quantitative estimate of drug-likeness (QED) is 0.597. The summed E-state index contributed by atoms with van der Waals surface area (Å²) in [4.78, 5) is 16.4. The lowest BCUT2D eigenvalue weighted by molar-refractivity contribution is -0.120. The number of anilines is 3. The van der Waals surface area contributed by atoms with Crippen molar-refractivity contribution in [1.82, 2.24) is 0 Å². The van der Waals surface area contributed by atoms with Crippen LogP contribution in [0, 0.1) is 11.3 Å². The van der Waals surface area contributed by atoms with Gasteiger partial charge in [0, 0.05) is 15.8 Å². The van der Waals surface area contributed by atoms with E-state index in [0.29, 0.717) is 26.5 Å². The fraction of sp³-hybridized carbons (Fsp3) is 0.167. The SMILES string of the molecule is CC1(C)C(=O)N(c2ccc(C#N)c(Br)c2)C(=S)N1c1ccc(N)cc1. The monoisotopic (exact) mass is 414 g/mol. The van der Waals surface area contributed by atoms with E-state index in [9.17, 15) is 4.79 Å². The summed E-state index contributed by atoms with van der Waals surface area (Å²) in [7, 11) is 0. The molecule has 0 radical (unpaired) electrons. The number of carbonyl (C=O) groups is 1. The third kappa shape index (κ3) is 2.77. The summed E-state index contributed by atoms with van der Waals surface area (Å²) in [5.74, 6) is -0.133. The Morgan fingerprint density at radius 2 is 1.76 bits per heavy atom. The molecule has 1 heterocycles. The Hall–Kier alpha value is -2.43. The van der Waals surface area contributed by atoms with E-state index in [0.717, 1.165) is 5.69 Å². The van der Waals surface area contributed by atoms with Crippen LogP contribution in [-0.4, -0.2) is 16.6 Å². The van der Waals surface area contributed by atoms with E-state index in [-0.39, 0.29) is 5.91 Å². The molecular weight excluding hydrogens is 400 g/mol. The molecule has 0 spiro atoms. The van der Waals surface area contributed by atoms with Crippen molar-refractivity contribution in [3.8, 4) is 6.07 Å². The molecule has 2 aromatic rings. The molecule has 2 N–H and O–H groups in total. The molecule has 0 atom stereocenters. The van der Waals surface area contributed by atoms with Gasteiger partial charge in [0.2, 0.25) is 0 Å². The van der Waals surface area contributed by atoms with E-state index < -0.39 is 5.54 Å². The van der Waals surface area contributed by atoms with Gasteiger partial charge in [0.05, 0.1) is 11.3 Å². The number of amides is 1. The normalized spacial score (nSPS) is 16.2.